The zero-order valence-electron chi connectivity index (χ0n) is 11.0. The molecular formula is C17H13NO2. The zero-order chi connectivity index (χ0) is 13.9. The summed E-state index contributed by atoms with van der Waals surface area (Å²) in [7, 11) is 0. The third kappa shape index (κ3) is 2.52. The lowest BCUT2D eigenvalue weighted by molar-refractivity contribution is 0.563. The number of aryl methyl sites for hydroxylation is 1. The average Bonchev–Trinajstić information content (AvgIpc) is 2.45. The Morgan fingerprint density at radius 1 is 1.05 bits per heavy atom. The van der Waals surface area contributed by atoms with Gasteiger partial charge in [0.1, 0.15) is 5.58 Å². The summed E-state index contributed by atoms with van der Waals surface area (Å²) in [5.41, 5.74) is 2.51. The van der Waals surface area contributed by atoms with Crippen LogP contribution in [0.2, 0.25) is 0 Å². The van der Waals surface area contributed by atoms with Crippen LogP contribution in [0.4, 0.5) is 0 Å². The maximum atomic E-state index is 11.9. The minimum absolute atomic E-state index is 0.268. The van der Waals surface area contributed by atoms with Crippen LogP contribution in [0, 0.1) is 6.92 Å². The van der Waals surface area contributed by atoms with Gasteiger partial charge in [-0.15, -0.1) is 0 Å². The summed E-state index contributed by atoms with van der Waals surface area (Å²) in [6, 6.07) is 15.2. The van der Waals surface area contributed by atoms with Gasteiger partial charge in [0.15, 0.2) is 0 Å². The van der Waals surface area contributed by atoms with E-state index in [4.69, 9.17) is 4.42 Å². The Hall–Kier alpha value is -2.68. The molecule has 0 atom stereocenters. The summed E-state index contributed by atoms with van der Waals surface area (Å²) in [6.45, 7) is 2.03. The quantitative estimate of drug-likeness (QED) is 0.708. The minimum Gasteiger partial charge on any atom is -0.438 e. The maximum absolute atomic E-state index is 11.9. The molecule has 3 nitrogen and oxygen atoms in total. The lowest BCUT2D eigenvalue weighted by Crippen LogP contribution is -2.06. The van der Waals surface area contributed by atoms with Gasteiger partial charge in [-0.3, -0.25) is 4.79 Å². The molecule has 3 aromatic rings. The summed E-state index contributed by atoms with van der Waals surface area (Å²) in [5, 5.41) is 0.500. The summed E-state index contributed by atoms with van der Waals surface area (Å²) >= 11 is 0. The predicted molar refractivity (Wildman–Crippen MR) is 80.4 cm³/mol. The molecule has 0 fully saturated rings. The first-order valence-corrected chi connectivity index (χ1v) is 6.37. The third-order valence-electron chi connectivity index (χ3n) is 3.00. The molecule has 0 radical (unpaired) electrons. The first kappa shape index (κ1) is 12.4. The fourth-order valence-electron chi connectivity index (χ4n) is 2.04. The highest BCUT2D eigenvalue weighted by atomic mass is 16.3. The van der Waals surface area contributed by atoms with E-state index in [1.165, 1.54) is 5.56 Å². The molecule has 0 aliphatic rings. The molecule has 0 spiro atoms. The molecule has 0 unspecified atom stereocenters. The molecule has 3 rings (SSSR count). The van der Waals surface area contributed by atoms with Crippen LogP contribution >= 0.6 is 0 Å². The van der Waals surface area contributed by atoms with E-state index in [0.717, 1.165) is 5.56 Å². The van der Waals surface area contributed by atoms with Gasteiger partial charge in [0, 0.05) is 6.08 Å². The number of benzene rings is 2. The Bertz CT molecular complexity index is 847. The van der Waals surface area contributed by atoms with Gasteiger partial charge in [-0.1, -0.05) is 42.0 Å². The van der Waals surface area contributed by atoms with Crippen LogP contribution in [0.25, 0.3) is 23.1 Å². The van der Waals surface area contributed by atoms with Gasteiger partial charge in [0.05, 0.1) is 5.39 Å². The monoisotopic (exact) mass is 263 g/mol. The van der Waals surface area contributed by atoms with Crippen LogP contribution in [0.5, 0.6) is 0 Å². The van der Waals surface area contributed by atoms with Crippen LogP contribution in [0.3, 0.4) is 0 Å². The van der Waals surface area contributed by atoms with Crippen molar-refractivity contribution in [2.45, 2.75) is 6.92 Å². The van der Waals surface area contributed by atoms with Crippen LogP contribution in [-0.2, 0) is 0 Å². The van der Waals surface area contributed by atoms with Crippen molar-refractivity contribution in [1.82, 2.24) is 4.98 Å². The van der Waals surface area contributed by atoms with Crippen molar-refractivity contribution < 1.29 is 4.42 Å². The van der Waals surface area contributed by atoms with Crippen molar-refractivity contribution in [2.24, 2.45) is 0 Å². The molecule has 2 aromatic carbocycles. The van der Waals surface area contributed by atoms with Gasteiger partial charge < -0.3 is 4.42 Å². The van der Waals surface area contributed by atoms with Crippen LogP contribution in [-0.4, -0.2) is 4.98 Å². The van der Waals surface area contributed by atoms with Crippen molar-refractivity contribution in [3.63, 3.8) is 0 Å². The number of para-hydroxylation sites is 1. The van der Waals surface area contributed by atoms with Gasteiger partial charge >= 0.3 is 0 Å². The SMILES string of the molecule is Cc1cccc(C=Cc2nc(=O)c3ccccc3o2)c1. The Morgan fingerprint density at radius 2 is 1.90 bits per heavy atom. The number of rotatable bonds is 2. The number of nitrogens with zero attached hydrogens (tertiary/aromatic N) is 1. The highest BCUT2D eigenvalue weighted by molar-refractivity contribution is 5.76. The van der Waals surface area contributed by atoms with Crippen LogP contribution in [0.1, 0.15) is 17.0 Å². The van der Waals surface area contributed by atoms with Crippen molar-refractivity contribution in [1.29, 1.82) is 0 Å². The predicted octanol–water partition coefficient (Wildman–Crippen LogP) is 3.67. The molecule has 1 heterocycles. The average molecular weight is 263 g/mol. The number of hydrogen-bond donors (Lipinski definition) is 0. The molecular weight excluding hydrogens is 250 g/mol. The molecule has 20 heavy (non-hydrogen) atoms. The Kier molecular flexibility index (Phi) is 3.17. The smallest absolute Gasteiger partial charge is 0.284 e. The lowest BCUT2D eigenvalue weighted by Gasteiger charge is -1.98. The number of hydrogen-bond acceptors (Lipinski definition) is 3. The van der Waals surface area contributed by atoms with Crippen molar-refractivity contribution >= 4 is 23.1 Å². The van der Waals surface area contributed by atoms with Crippen molar-refractivity contribution in [3.8, 4) is 0 Å². The van der Waals surface area contributed by atoms with Gasteiger partial charge in [-0.05, 0) is 30.7 Å². The molecule has 0 N–H and O–H groups in total. The largest absolute Gasteiger partial charge is 0.438 e. The van der Waals surface area contributed by atoms with Gasteiger partial charge in [0.2, 0.25) is 5.89 Å². The molecule has 0 saturated carbocycles. The van der Waals surface area contributed by atoms with Crippen LogP contribution in [0.15, 0.2) is 57.7 Å². The molecule has 0 aliphatic heterocycles. The second kappa shape index (κ2) is 5.13. The molecule has 0 bridgehead atoms. The van der Waals surface area contributed by atoms with Crippen LogP contribution < -0.4 is 5.56 Å². The Labute approximate surface area is 116 Å². The highest BCUT2D eigenvalue weighted by Gasteiger charge is 2.02. The first-order chi connectivity index (χ1) is 9.72. The van der Waals surface area contributed by atoms with Gasteiger partial charge in [-0.25, -0.2) is 0 Å². The Morgan fingerprint density at radius 3 is 2.75 bits per heavy atom. The van der Waals surface area contributed by atoms with Crippen molar-refractivity contribution in [2.75, 3.05) is 0 Å². The topological polar surface area (TPSA) is 43.1 Å². The molecule has 0 amide bonds. The van der Waals surface area contributed by atoms with E-state index >= 15 is 0 Å². The lowest BCUT2D eigenvalue weighted by atomic mass is 10.1. The first-order valence-electron chi connectivity index (χ1n) is 6.37. The number of aromatic nitrogens is 1. The second-order valence-corrected chi connectivity index (χ2v) is 4.60. The maximum Gasteiger partial charge on any atom is 0.284 e. The third-order valence-corrected chi connectivity index (χ3v) is 3.00. The fraction of sp³-hybridized carbons (Fsp3) is 0.0588. The zero-order valence-corrected chi connectivity index (χ0v) is 11.0. The van der Waals surface area contributed by atoms with E-state index in [9.17, 15) is 4.79 Å². The molecule has 3 heteroatoms. The van der Waals surface area contributed by atoms with E-state index in [2.05, 4.69) is 11.1 Å². The summed E-state index contributed by atoms with van der Waals surface area (Å²) in [4.78, 5) is 15.8. The Balaban J connectivity index is 2.01. The summed E-state index contributed by atoms with van der Waals surface area (Å²) < 4.78 is 5.60. The molecule has 0 saturated heterocycles. The van der Waals surface area contributed by atoms with E-state index in [-0.39, 0.29) is 5.56 Å². The molecule has 0 aliphatic carbocycles. The molecule has 98 valence electrons. The standard InChI is InChI=1S/C17H13NO2/c1-12-5-4-6-13(11-12)9-10-16-18-17(19)14-7-2-3-8-15(14)20-16/h2-11H,1H3. The molecule has 1 aromatic heterocycles. The van der Waals surface area contributed by atoms with E-state index < -0.39 is 0 Å². The van der Waals surface area contributed by atoms with E-state index in [1.54, 1.807) is 24.3 Å². The van der Waals surface area contributed by atoms with E-state index in [0.29, 0.717) is 16.9 Å². The summed E-state index contributed by atoms with van der Waals surface area (Å²) in [6.07, 6.45) is 3.59. The fourth-order valence-corrected chi connectivity index (χ4v) is 2.04. The second-order valence-electron chi connectivity index (χ2n) is 4.60. The van der Waals surface area contributed by atoms with Gasteiger partial charge in [-0.2, -0.15) is 4.98 Å². The summed E-state index contributed by atoms with van der Waals surface area (Å²) in [5.74, 6) is 0.315. The van der Waals surface area contributed by atoms with Gasteiger partial charge in [0.25, 0.3) is 5.56 Å². The minimum atomic E-state index is -0.268. The normalized spacial score (nSPS) is 11.2. The number of fused-ring (bicyclic) bond motifs is 1. The van der Waals surface area contributed by atoms with Crippen molar-refractivity contribution in [3.05, 3.63) is 75.9 Å². The highest BCUT2D eigenvalue weighted by Crippen LogP contribution is 2.12. The van der Waals surface area contributed by atoms with E-state index in [1.807, 2.05) is 37.3 Å².